The van der Waals surface area contributed by atoms with Crippen LogP contribution in [0, 0.1) is 13.8 Å². The summed E-state index contributed by atoms with van der Waals surface area (Å²) < 4.78 is 4.90. The summed E-state index contributed by atoms with van der Waals surface area (Å²) in [7, 11) is 0. The van der Waals surface area contributed by atoms with Gasteiger partial charge in [-0.2, -0.15) is 0 Å². The van der Waals surface area contributed by atoms with E-state index in [0.717, 1.165) is 33.4 Å². The summed E-state index contributed by atoms with van der Waals surface area (Å²) in [4.78, 5) is 15.2. The molecule has 0 radical (unpaired) electrons. The van der Waals surface area contributed by atoms with E-state index < -0.39 is 0 Å². The van der Waals surface area contributed by atoms with Crippen LogP contribution in [0.5, 0.6) is 0 Å². The summed E-state index contributed by atoms with van der Waals surface area (Å²) >= 11 is 0. The van der Waals surface area contributed by atoms with E-state index in [0.29, 0.717) is 17.5 Å². The van der Waals surface area contributed by atoms with Crippen molar-refractivity contribution in [3.8, 4) is 101 Å². The standard InChI is InChI=1S/C94H85N5/c1-5-7-9-11-13-25-54-94(55-26-14-12-10-8-6-2)85-62-73(68-44-42-67(43-45-68)66-40-38-64(3)39-41-66)46-50-79(85)80-51-47-74(63-86(80)94)76-56-65(4)57-78(59-76)99-88-37-24-22-35-82(88)84-61-72(49-53-90(84)99)71-48-52-89-83(60-71)81-34-21-23-36-87(81)98(89)77-33-27-32-75(58-77)93-96-91(69-28-17-15-18-29-69)95-92(97-93)70-30-19-16-20-31-70/h15-24,27-53,56-63H,5-14,25-26,54-55H2,1-4H3. The number of para-hydroxylation sites is 2. The number of hydrogen-bond donors (Lipinski definition) is 0. The molecule has 1 aliphatic carbocycles. The molecule has 486 valence electrons. The monoisotopic (exact) mass is 1280 g/mol. The van der Waals surface area contributed by atoms with Crippen LogP contribution in [-0.4, -0.2) is 24.1 Å². The van der Waals surface area contributed by atoms with Gasteiger partial charge in [0.15, 0.2) is 17.5 Å². The molecule has 1 aliphatic rings. The number of hydrogen-bond acceptors (Lipinski definition) is 3. The minimum absolute atomic E-state index is 0.0855. The maximum absolute atomic E-state index is 5.11. The predicted molar refractivity (Wildman–Crippen MR) is 418 cm³/mol. The van der Waals surface area contributed by atoms with Crippen molar-refractivity contribution < 1.29 is 0 Å². The number of benzene rings is 12. The predicted octanol–water partition coefficient (Wildman–Crippen LogP) is 26.1. The van der Waals surface area contributed by atoms with Crippen LogP contribution in [0.4, 0.5) is 0 Å². The highest BCUT2D eigenvalue weighted by Gasteiger charge is 2.43. The third kappa shape index (κ3) is 12.3. The molecule has 12 aromatic carbocycles. The maximum Gasteiger partial charge on any atom is 0.164 e. The molecule has 0 bridgehead atoms. The number of unbranched alkanes of at least 4 members (excludes halogenated alkanes) is 10. The van der Waals surface area contributed by atoms with Crippen molar-refractivity contribution in [1.29, 1.82) is 0 Å². The topological polar surface area (TPSA) is 48.5 Å². The molecule has 3 aromatic heterocycles. The van der Waals surface area contributed by atoms with E-state index in [1.54, 1.807) is 0 Å². The minimum atomic E-state index is -0.0855. The van der Waals surface area contributed by atoms with Gasteiger partial charge in [-0.15, -0.1) is 0 Å². The lowest BCUT2D eigenvalue weighted by molar-refractivity contribution is 0.398. The van der Waals surface area contributed by atoms with Crippen molar-refractivity contribution in [2.75, 3.05) is 0 Å². The van der Waals surface area contributed by atoms with Crippen molar-refractivity contribution >= 4 is 43.6 Å². The zero-order valence-electron chi connectivity index (χ0n) is 57.6. The maximum atomic E-state index is 5.11. The molecule has 0 unspecified atom stereocenters. The smallest absolute Gasteiger partial charge is 0.164 e. The summed E-state index contributed by atoms with van der Waals surface area (Å²) in [6, 6.07) is 101. The number of aryl methyl sites for hydroxylation is 2. The molecule has 0 atom stereocenters. The van der Waals surface area contributed by atoms with Crippen LogP contribution in [-0.2, 0) is 5.41 Å². The Balaban J connectivity index is 0.754. The lowest BCUT2D eigenvalue weighted by Crippen LogP contribution is -2.25. The SMILES string of the molecule is CCCCCCCCC1(CCCCCCCC)c2cc(-c3ccc(-c4ccc(C)cc4)cc3)ccc2-c2ccc(-c3cc(C)cc(-n4c5ccccc5c5cc(-c6ccc7c(c6)c6ccccc6n7-c6cccc(-c7nc(-c8ccccc8)nc(-c8ccccc8)n7)c6)ccc54)c3)cc21. The van der Waals surface area contributed by atoms with Crippen LogP contribution in [0.25, 0.3) is 145 Å². The molecule has 0 N–H and O–H groups in total. The van der Waals surface area contributed by atoms with Crippen LogP contribution >= 0.6 is 0 Å². The highest BCUT2D eigenvalue weighted by atomic mass is 15.0. The fraction of sp³-hybridized carbons (Fsp3) is 0.202. The second-order valence-corrected chi connectivity index (χ2v) is 27.9. The summed E-state index contributed by atoms with van der Waals surface area (Å²) in [6.45, 7) is 9.10. The van der Waals surface area contributed by atoms with Gasteiger partial charge < -0.3 is 9.13 Å². The van der Waals surface area contributed by atoms with Gasteiger partial charge >= 0.3 is 0 Å². The van der Waals surface area contributed by atoms with Crippen molar-refractivity contribution in [3.05, 3.63) is 295 Å². The molecule has 0 spiro atoms. The van der Waals surface area contributed by atoms with Gasteiger partial charge in [0.1, 0.15) is 0 Å². The van der Waals surface area contributed by atoms with Gasteiger partial charge in [-0.1, -0.05) is 297 Å². The third-order valence-corrected chi connectivity index (χ3v) is 21.3. The Morgan fingerprint density at radius 2 is 0.657 bits per heavy atom. The van der Waals surface area contributed by atoms with E-state index in [1.165, 1.54) is 206 Å². The van der Waals surface area contributed by atoms with E-state index in [9.17, 15) is 0 Å². The summed E-state index contributed by atoms with van der Waals surface area (Å²) in [6.07, 6.45) is 17.8. The minimum Gasteiger partial charge on any atom is -0.309 e. The van der Waals surface area contributed by atoms with Gasteiger partial charge in [-0.05, 0) is 172 Å². The molecular formula is C94H85N5. The Kier molecular flexibility index (Phi) is 17.6. The molecule has 0 saturated carbocycles. The first-order chi connectivity index (χ1) is 48.8. The first-order valence-corrected chi connectivity index (χ1v) is 36.4. The third-order valence-electron chi connectivity index (χ3n) is 21.3. The van der Waals surface area contributed by atoms with Crippen molar-refractivity contribution in [2.24, 2.45) is 0 Å². The molecule has 0 saturated heterocycles. The fourth-order valence-electron chi connectivity index (χ4n) is 16.2. The van der Waals surface area contributed by atoms with Crippen molar-refractivity contribution in [2.45, 2.75) is 123 Å². The van der Waals surface area contributed by atoms with Gasteiger partial charge in [0.25, 0.3) is 0 Å². The summed E-state index contributed by atoms with van der Waals surface area (Å²) in [5.41, 5.74) is 28.1. The first kappa shape index (κ1) is 63.0. The highest BCUT2D eigenvalue weighted by Crippen LogP contribution is 2.56. The summed E-state index contributed by atoms with van der Waals surface area (Å²) in [5, 5.41) is 4.88. The molecule has 16 rings (SSSR count). The molecular weight excluding hydrogens is 1200 g/mol. The molecule has 3 heterocycles. The second-order valence-electron chi connectivity index (χ2n) is 27.9. The molecule has 15 aromatic rings. The Labute approximate surface area is 583 Å². The average molecular weight is 1280 g/mol. The van der Waals surface area contributed by atoms with Gasteiger partial charge in [0.05, 0.1) is 22.1 Å². The Morgan fingerprint density at radius 3 is 1.19 bits per heavy atom. The fourth-order valence-corrected chi connectivity index (χ4v) is 16.2. The van der Waals surface area contributed by atoms with E-state index in [4.69, 9.17) is 15.0 Å². The zero-order valence-corrected chi connectivity index (χ0v) is 57.6. The van der Waals surface area contributed by atoms with Crippen LogP contribution < -0.4 is 0 Å². The number of nitrogens with zero attached hydrogens (tertiary/aromatic N) is 5. The Hall–Kier alpha value is -10.8. The van der Waals surface area contributed by atoms with E-state index in [2.05, 4.69) is 273 Å². The molecule has 0 fully saturated rings. The van der Waals surface area contributed by atoms with Crippen LogP contribution in [0.2, 0.25) is 0 Å². The van der Waals surface area contributed by atoms with Gasteiger partial charge in [0, 0.05) is 55.0 Å². The molecule has 0 amide bonds. The van der Waals surface area contributed by atoms with Gasteiger partial charge in [-0.25, -0.2) is 15.0 Å². The molecule has 0 aliphatic heterocycles. The average Bonchev–Trinajstić information content (AvgIpc) is 1.58. The lowest BCUT2D eigenvalue weighted by atomic mass is 9.70. The number of rotatable bonds is 23. The highest BCUT2D eigenvalue weighted by molar-refractivity contribution is 6.13. The Morgan fingerprint density at radius 1 is 0.263 bits per heavy atom. The van der Waals surface area contributed by atoms with Gasteiger partial charge in [-0.3, -0.25) is 0 Å². The Bertz CT molecular complexity index is 5350. The summed E-state index contributed by atoms with van der Waals surface area (Å²) in [5.74, 6) is 1.91. The molecule has 5 nitrogen and oxygen atoms in total. The van der Waals surface area contributed by atoms with E-state index in [-0.39, 0.29) is 5.41 Å². The van der Waals surface area contributed by atoms with E-state index >= 15 is 0 Å². The molecule has 5 heteroatoms. The van der Waals surface area contributed by atoms with Crippen molar-refractivity contribution in [3.63, 3.8) is 0 Å². The van der Waals surface area contributed by atoms with Crippen LogP contribution in [0.15, 0.2) is 273 Å². The zero-order chi connectivity index (χ0) is 66.8. The number of aromatic nitrogens is 5. The molecule has 99 heavy (non-hydrogen) atoms. The van der Waals surface area contributed by atoms with Gasteiger partial charge in [0.2, 0.25) is 0 Å². The van der Waals surface area contributed by atoms with Crippen LogP contribution in [0.1, 0.15) is 126 Å². The quantitative estimate of drug-likeness (QED) is 0.0600. The van der Waals surface area contributed by atoms with E-state index in [1.807, 2.05) is 36.4 Å². The number of fused-ring (bicyclic) bond motifs is 9. The lowest BCUT2D eigenvalue weighted by Gasteiger charge is -2.33. The first-order valence-electron chi connectivity index (χ1n) is 36.4. The van der Waals surface area contributed by atoms with Crippen LogP contribution in [0.3, 0.4) is 0 Å². The largest absolute Gasteiger partial charge is 0.309 e. The second kappa shape index (κ2) is 27.6. The van der Waals surface area contributed by atoms with Crippen molar-refractivity contribution in [1.82, 2.24) is 24.1 Å². The normalized spacial score (nSPS) is 12.5.